The maximum atomic E-state index is 10.8. The quantitative estimate of drug-likeness (QED) is 0.205. The van der Waals surface area contributed by atoms with E-state index in [1.807, 2.05) is 79.0 Å². The third-order valence-corrected chi connectivity index (χ3v) is 7.20. The first-order chi connectivity index (χ1) is 18.0. The third kappa shape index (κ3) is 4.76. The van der Waals surface area contributed by atoms with Gasteiger partial charge in [0.25, 0.3) is 0 Å². The summed E-state index contributed by atoms with van der Waals surface area (Å²) in [5.41, 5.74) is 3.70. The fraction of sp³-hybridized carbons (Fsp3) is 0.107. The highest BCUT2D eigenvalue weighted by atomic mass is 79.9. The van der Waals surface area contributed by atoms with Crippen LogP contribution in [-0.2, 0) is 6.54 Å². The van der Waals surface area contributed by atoms with E-state index >= 15 is 0 Å². The molecule has 0 saturated heterocycles. The highest BCUT2D eigenvalue weighted by Crippen LogP contribution is 2.40. The van der Waals surface area contributed by atoms with E-state index in [4.69, 9.17) is 37.9 Å². The largest absolute Gasteiger partial charge is 0.489 e. The molecule has 3 aromatic heterocycles. The molecule has 0 fully saturated rings. The SMILES string of the molecule is OC(COc1c2ccccc2nc2nc3cc(Br)ccc3c(Cl)c12)Cn1ccc(-c2ccc(Cl)cc2)n1. The Kier molecular flexibility index (Phi) is 6.46. The smallest absolute Gasteiger partial charge is 0.165 e. The van der Waals surface area contributed by atoms with E-state index in [0.717, 1.165) is 37.5 Å². The molecule has 0 amide bonds. The number of halogens is 3. The number of pyridine rings is 2. The van der Waals surface area contributed by atoms with Gasteiger partial charge in [0.15, 0.2) is 5.65 Å². The van der Waals surface area contributed by atoms with Crippen molar-refractivity contribution in [2.75, 3.05) is 6.61 Å². The fourth-order valence-electron chi connectivity index (χ4n) is 4.32. The van der Waals surface area contributed by atoms with Crippen LogP contribution in [0.25, 0.3) is 44.1 Å². The van der Waals surface area contributed by atoms with Crippen molar-refractivity contribution in [3.05, 3.63) is 93.5 Å². The number of fused-ring (bicyclic) bond motifs is 3. The molecule has 6 rings (SSSR count). The van der Waals surface area contributed by atoms with E-state index in [0.29, 0.717) is 26.8 Å². The lowest BCUT2D eigenvalue weighted by Crippen LogP contribution is -2.24. The van der Waals surface area contributed by atoms with Crippen molar-refractivity contribution in [3.8, 4) is 17.0 Å². The van der Waals surface area contributed by atoms with Gasteiger partial charge >= 0.3 is 0 Å². The maximum absolute atomic E-state index is 10.8. The lowest BCUT2D eigenvalue weighted by molar-refractivity contribution is 0.0908. The van der Waals surface area contributed by atoms with Crippen LogP contribution in [0.2, 0.25) is 10.0 Å². The Balaban J connectivity index is 1.31. The molecule has 6 aromatic rings. The van der Waals surface area contributed by atoms with E-state index in [2.05, 4.69) is 21.0 Å². The first kappa shape index (κ1) is 24.1. The van der Waals surface area contributed by atoms with Crippen LogP contribution in [0.3, 0.4) is 0 Å². The van der Waals surface area contributed by atoms with Crippen LogP contribution in [0.5, 0.6) is 5.75 Å². The predicted molar refractivity (Wildman–Crippen MR) is 151 cm³/mol. The summed E-state index contributed by atoms with van der Waals surface area (Å²) in [5, 5.41) is 18.8. The summed E-state index contributed by atoms with van der Waals surface area (Å²) in [7, 11) is 0. The average molecular weight is 594 g/mol. The molecule has 184 valence electrons. The number of aromatic nitrogens is 4. The number of hydrogen-bond donors (Lipinski definition) is 1. The van der Waals surface area contributed by atoms with Gasteiger partial charge in [-0.1, -0.05) is 69.5 Å². The first-order valence-corrected chi connectivity index (χ1v) is 13.1. The summed E-state index contributed by atoms with van der Waals surface area (Å²) in [6.07, 6.45) is 1.01. The number of aliphatic hydroxyl groups is 1. The second-order valence-electron chi connectivity index (χ2n) is 8.64. The molecule has 0 radical (unpaired) electrons. The first-order valence-electron chi connectivity index (χ1n) is 11.5. The van der Waals surface area contributed by atoms with Crippen molar-refractivity contribution in [2.45, 2.75) is 12.6 Å². The molecule has 1 atom stereocenters. The van der Waals surface area contributed by atoms with Gasteiger partial charge in [0, 0.05) is 32.0 Å². The van der Waals surface area contributed by atoms with Gasteiger partial charge in [-0.25, -0.2) is 9.97 Å². The molecule has 1 unspecified atom stereocenters. The Morgan fingerprint density at radius 3 is 2.54 bits per heavy atom. The Morgan fingerprint density at radius 1 is 0.919 bits per heavy atom. The molecule has 0 aliphatic carbocycles. The summed E-state index contributed by atoms with van der Waals surface area (Å²) in [6, 6.07) is 22.8. The monoisotopic (exact) mass is 592 g/mol. The van der Waals surface area contributed by atoms with Gasteiger partial charge in [0.05, 0.1) is 33.7 Å². The highest BCUT2D eigenvalue weighted by molar-refractivity contribution is 9.10. The second kappa shape index (κ2) is 9.91. The predicted octanol–water partition coefficient (Wildman–Crippen LogP) is 7.31. The van der Waals surface area contributed by atoms with Crippen LogP contribution in [0.15, 0.2) is 83.5 Å². The van der Waals surface area contributed by atoms with Crippen molar-refractivity contribution in [2.24, 2.45) is 0 Å². The molecule has 0 aliphatic rings. The van der Waals surface area contributed by atoms with Gasteiger partial charge in [-0.15, -0.1) is 0 Å². The molecular formula is C28H19BrCl2N4O2. The Labute approximate surface area is 230 Å². The van der Waals surface area contributed by atoms with Crippen LogP contribution >= 0.6 is 39.1 Å². The zero-order valence-corrected chi connectivity index (χ0v) is 22.4. The second-order valence-corrected chi connectivity index (χ2v) is 10.4. The van der Waals surface area contributed by atoms with Crippen LogP contribution in [0, 0.1) is 0 Å². The molecule has 3 heterocycles. The molecule has 6 nitrogen and oxygen atoms in total. The molecule has 9 heteroatoms. The van der Waals surface area contributed by atoms with Gasteiger partial charge in [-0.2, -0.15) is 5.10 Å². The van der Waals surface area contributed by atoms with E-state index in [9.17, 15) is 5.11 Å². The maximum Gasteiger partial charge on any atom is 0.165 e. The van der Waals surface area contributed by atoms with Gasteiger partial charge in [-0.05, 0) is 42.5 Å². The summed E-state index contributed by atoms with van der Waals surface area (Å²) in [6.45, 7) is 0.297. The van der Waals surface area contributed by atoms with Crippen LogP contribution < -0.4 is 4.74 Å². The number of rotatable bonds is 6. The Bertz CT molecular complexity index is 1770. The minimum absolute atomic E-state index is 0.0357. The molecule has 0 aliphatic heterocycles. The van der Waals surface area contributed by atoms with Crippen LogP contribution in [-0.4, -0.2) is 37.6 Å². The number of hydrogen-bond acceptors (Lipinski definition) is 5. The van der Waals surface area contributed by atoms with Gasteiger partial charge in [-0.3, -0.25) is 4.68 Å². The lowest BCUT2D eigenvalue weighted by atomic mass is 10.1. The zero-order chi connectivity index (χ0) is 25.5. The summed E-state index contributed by atoms with van der Waals surface area (Å²) in [5.74, 6) is 0.546. The number of nitrogens with zero attached hydrogens (tertiary/aromatic N) is 4. The van der Waals surface area contributed by atoms with Crippen molar-refractivity contribution in [3.63, 3.8) is 0 Å². The summed E-state index contributed by atoms with van der Waals surface area (Å²) < 4.78 is 8.84. The Morgan fingerprint density at radius 2 is 1.70 bits per heavy atom. The van der Waals surface area contributed by atoms with E-state index < -0.39 is 6.10 Å². The summed E-state index contributed by atoms with van der Waals surface area (Å²) >= 11 is 16.4. The molecule has 0 bridgehead atoms. The van der Waals surface area contributed by atoms with Crippen molar-refractivity contribution >= 4 is 72.0 Å². The molecule has 3 aromatic carbocycles. The van der Waals surface area contributed by atoms with E-state index in [-0.39, 0.29) is 13.2 Å². The number of ether oxygens (including phenoxy) is 1. The fourth-order valence-corrected chi connectivity index (χ4v) is 5.12. The molecule has 37 heavy (non-hydrogen) atoms. The third-order valence-electron chi connectivity index (χ3n) is 6.07. The van der Waals surface area contributed by atoms with E-state index in [1.165, 1.54) is 0 Å². The van der Waals surface area contributed by atoms with Crippen LogP contribution in [0.1, 0.15) is 0 Å². The minimum atomic E-state index is -0.817. The van der Waals surface area contributed by atoms with Crippen molar-refractivity contribution in [1.82, 2.24) is 19.7 Å². The van der Waals surface area contributed by atoms with Gasteiger partial charge in [0.2, 0.25) is 0 Å². The Hall–Kier alpha value is -3.23. The zero-order valence-electron chi connectivity index (χ0n) is 19.3. The summed E-state index contributed by atoms with van der Waals surface area (Å²) in [4.78, 5) is 9.49. The molecule has 1 N–H and O–H groups in total. The lowest BCUT2D eigenvalue weighted by Gasteiger charge is -2.17. The van der Waals surface area contributed by atoms with E-state index in [1.54, 1.807) is 4.68 Å². The minimum Gasteiger partial charge on any atom is -0.489 e. The van der Waals surface area contributed by atoms with Crippen molar-refractivity contribution < 1.29 is 9.84 Å². The normalized spacial score (nSPS) is 12.4. The topological polar surface area (TPSA) is 73.1 Å². The number of aliphatic hydroxyl groups excluding tert-OH is 1. The standard InChI is InChI=1S/C28H19BrCl2N4O2/c29-17-7-10-20-24(13-17)33-28-25(26(20)31)27(21-3-1-2-4-23(21)32-28)37-15-19(36)14-35-12-11-22(34-35)16-5-8-18(30)9-6-16/h1-13,19,36H,14-15H2. The number of benzene rings is 3. The van der Waals surface area contributed by atoms with Crippen LogP contribution in [0.4, 0.5) is 0 Å². The molecule has 0 spiro atoms. The van der Waals surface area contributed by atoms with Gasteiger partial charge < -0.3 is 9.84 Å². The highest BCUT2D eigenvalue weighted by Gasteiger charge is 2.19. The molecular weight excluding hydrogens is 575 g/mol. The average Bonchev–Trinajstić information content (AvgIpc) is 3.35. The number of para-hydroxylation sites is 1. The molecule has 0 saturated carbocycles. The van der Waals surface area contributed by atoms with Gasteiger partial charge in [0.1, 0.15) is 18.5 Å². The van der Waals surface area contributed by atoms with Crippen molar-refractivity contribution in [1.29, 1.82) is 0 Å².